The van der Waals surface area contributed by atoms with Gasteiger partial charge in [-0.15, -0.1) is 11.8 Å². The van der Waals surface area contributed by atoms with E-state index in [0.29, 0.717) is 45.9 Å². The molecule has 0 spiro atoms. The third-order valence-corrected chi connectivity index (χ3v) is 6.04. The molecule has 31 heavy (non-hydrogen) atoms. The van der Waals surface area contributed by atoms with E-state index in [0.717, 1.165) is 4.90 Å². The number of hydrogen-bond acceptors (Lipinski definition) is 4. The molecule has 1 aliphatic rings. The fourth-order valence-electron chi connectivity index (χ4n) is 3.29. The Morgan fingerprint density at radius 3 is 2.55 bits per heavy atom. The van der Waals surface area contributed by atoms with Crippen molar-refractivity contribution < 1.29 is 14.4 Å². The van der Waals surface area contributed by atoms with Gasteiger partial charge in [0.25, 0.3) is 11.8 Å². The molecule has 0 fully saturated rings. The third-order valence-electron chi connectivity index (χ3n) is 4.96. The lowest BCUT2D eigenvalue weighted by Crippen LogP contribution is -2.17. The van der Waals surface area contributed by atoms with Crippen LogP contribution in [0.5, 0.6) is 0 Å². The van der Waals surface area contributed by atoms with E-state index in [9.17, 15) is 14.4 Å². The van der Waals surface area contributed by atoms with Gasteiger partial charge in [-0.2, -0.15) is 0 Å². The van der Waals surface area contributed by atoms with E-state index in [2.05, 4.69) is 16.0 Å². The molecule has 3 aromatic carbocycles. The number of carbonyl (C=O) groups excluding carboxylic acids is 3. The molecule has 7 heteroatoms. The van der Waals surface area contributed by atoms with E-state index in [1.54, 1.807) is 49.0 Å². The number of fused-ring (bicyclic) bond motifs is 1. The summed E-state index contributed by atoms with van der Waals surface area (Å²) in [5, 5.41) is 8.59. The maximum Gasteiger partial charge on any atom is 0.256 e. The van der Waals surface area contributed by atoms with Gasteiger partial charge >= 0.3 is 0 Å². The lowest BCUT2D eigenvalue weighted by atomic mass is 10.1. The van der Waals surface area contributed by atoms with Crippen LogP contribution in [0.3, 0.4) is 0 Å². The van der Waals surface area contributed by atoms with Gasteiger partial charge in [-0.3, -0.25) is 14.4 Å². The SMILES string of the molecule is Cc1c(NC(=O)c2ccc3c(c2)NC(=O)CCS3)cccc1C(=O)Nc1ccccc1. The highest BCUT2D eigenvalue weighted by atomic mass is 32.2. The van der Waals surface area contributed by atoms with Gasteiger partial charge in [0.15, 0.2) is 0 Å². The normalized spacial score (nSPS) is 12.9. The molecule has 0 saturated heterocycles. The second-order valence-corrected chi connectivity index (χ2v) is 8.25. The van der Waals surface area contributed by atoms with Crippen molar-refractivity contribution in [3.05, 3.63) is 83.4 Å². The molecule has 0 aromatic heterocycles. The van der Waals surface area contributed by atoms with E-state index < -0.39 is 0 Å². The van der Waals surface area contributed by atoms with E-state index in [-0.39, 0.29) is 17.7 Å². The van der Waals surface area contributed by atoms with Gasteiger partial charge in [0.1, 0.15) is 0 Å². The van der Waals surface area contributed by atoms with Crippen molar-refractivity contribution in [2.75, 3.05) is 21.7 Å². The minimum atomic E-state index is -0.310. The Morgan fingerprint density at radius 1 is 0.935 bits per heavy atom. The number of hydrogen-bond donors (Lipinski definition) is 3. The number of carbonyl (C=O) groups is 3. The Hall–Kier alpha value is -3.58. The molecule has 0 aliphatic carbocycles. The van der Waals surface area contributed by atoms with Gasteiger partial charge < -0.3 is 16.0 Å². The van der Waals surface area contributed by atoms with Crippen molar-refractivity contribution in [2.24, 2.45) is 0 Å². The molecular formula is C24H21N3O3S. The molecule has 4 rings (SSSR count). The van der Waals surface area contributed by atoms with Crippen LogP contribution in [-0.4, -0.2) is 23.5 Å². The van der Waals surface area contributed by atoms with E-state index in [4.69, 9.17) is 0 Å². The third kappa shape index (κ3) is 4.78. The van der Waals surface area contributed by atoms with Crippen LogP contribution < -0.4 is 16.0 Å². The largest absolute Gasteiger partial charge is 0.325 e. The maximum absolute atomic E-state index is 12.9. The Bertz CT molecular complexity index is 1160. The Balaban J connectivity index is 1.53. The predicted octanol–water partition coefficient (Wildman–Crippen LogP) is 4.93. The van der Waals surface area contributed by atoms with Crippen LogP contribution in [-0.2, 0) is 4.79 Å². The highest BCUT2D eigenvalue weighted by Gasteiger charge is 2.17. The van der Waals surface area contributed by atoms with Gasteiger partial charge in [0.05, 0.1) is 5.69 Å². The first-order valence-electron chi connectivity index (χ1n) is 9.85. The minimum absolute atomic E-state index is 0.0585. The molecule has 0 radical (unpaired) electrons. The maximum atomic E-state index is 12.9. The molecule has 6 nitrogen and oxygen atoms in total. The van der Waals surface area contributed by atoms with Crippen LogP contribution >= 0.6 is 11.8 Å². The first-order chi connectivity index (χ1) is 15.0. The van der Waals surface area contributed by atoms with Crippen molar-refractivity contribution in [3.8, 4) is 0 Å². The van der Waals surface area contributed by atoms with Crippen LogP contribution in [0.4, 0.5) is 17.1 Å². The summed E-state index contributed by atoms with van der Waals surface area (Å²) in [6, 6.07) is 19.7. The smallest absolute Gasteiger partial charge is 0.256 e. The van der Waals surface area contributed by atoms with E-state index in [1.165, 1.54) is 0 Å². The monoisotopic (exact) mass is 431 g/mol. The number of amides is 3. The van der Waals surface area contributed by atoms with Crippen LogP contribution in [0, 0.1) is 6.92 Å². The molecular weight excluding hydrogens is 410 g/mol. The summed E-state index contributed by atoms with van der Waals surface area (Å²) in [5.41, 5.74) is 3.48. The van der Waals surface area contributed by atoms with Crippen LogP contribution in [0.25, 0.3) is 0 Å². The van der Waals surface area contributed by atoms with E-state index >= 15 is 0 Å². The first kappa shape index (κ1) is 20.7. The Labute approximate surface area is 184 Å². The highest BCUT2D eigenvalue weighted by Crippen LogP contribution is 2.32. The summed E-state index contributed by atoms with van der Waals surface area (Å²) >= 11 is 1.59. The zero-order chi connectivity index (χ0) is 21.8. The van der Waals surface area contributed by atoms with Crippen molar-refractivity contribution in [2.45, 2.75) is 18.2 Å². The Morgan fingerprint density at radius 2 is 1.74 bits per heavy atom. The zero-order valence-corrected chi connectivity index (χ0v) is 17.7. The molecule has 3 N–H and O–H groups in total. The average Bonchev–Trinajstić information content (AvgIpc) is 2.95. The molecule has 156 valence electrons. The quantitative estimate of drug-likeness (QED) is 0.546. The molecule has 0 bridgehead atoms. The molecule has 0 unspecified atom stereocenters. The van der Waals surface area contributed by atoms with Crippen molar-refractivity contribution in [3.63, 3.8) is 0 Å². The second-order valence-electron chi connectivity index (χ2n) is 7.11. The van der Waals surface area contributed by atoms with Gasteiger partial charge in [0, 0.05) is 39.6 Å². The van der Waals surface area contributed by atoms with Crippen molar-refractivity contribution in [1.82, 2.24) is 0 Å². The van der Waals surface area contributed by atoms with Gasteiger partial charge in [-0.25, -0.2) is 0 Å². The van der Waals surface area contributed by atoms with Crippen LogP contribution in [0.2, 0.25) is 0 Å². The molecule has 3 amide bonds. The first-order valence-corrected chi connectivity index (χ1v) is 10.8. The molecule has 0 atom stereocenters. The molecule has 1 heterocycles. The summed E-state index contributed by atoms with van der Waals surface area (Å²) in [6.45, 7) is 1.80. The van der Waals surface area contributed by atoms with Crippen LogP contribution in [0.15, 0.2) is 71.6 Å². The average molecular weight is 432 g/mol. The second kappa shape index (κ2) is 9.06. The van der Waals surface area contributed by atoms with E-state index in [1.807, 2.05) is 36.4 Å². The summed E-state index contributed by atoms with van der Waals surface area (Å²) in [5.74, 6) is 0.0953. The van der Waals surface area contributed by atoms with Gasteiger partial charge in [-0.05, 0) is 55.0 Å². The van der Waals surface area contributed by atoms with Crippen molar-refractivity contribution in [1.29, 1.82) is 0 Å². The fourth-order valence-corrected chi connectivity index (χ4v) is 4.23. The lowest BCUT2D eigenvalue weighted by molar-refractivity contribution is -0.115. The van der Waals surface area contributed by atoms with Crippen molar-refractivity contribution >= 4 is 46.5 Å². The molecule has 0 saturated carbocycles. The highest BCUT2D eigenvalue weighted by molar-refractivity contribution is 7.99. The molecule has 3 aromatic rings. The summed E-state index contributed by atoms with van der Waals surface area (Å²) in [7, 11) is 0. The topological polar surface area (TPSA) is 87.3 Å². The van der Waals surface area contributed by atoms with Crippen LogP contribution in [0.1, 0.15) is 32.7 Å². The number of para-hydroxylation sites is 1. The summed E-state index contributed by atoms with van der Waals surface area (Å²) < 4.78 is 0. The van der Waals surface area contributed by atoms with Gasteiger partial charge in [0.2, 0.25) is 5.91 Å². The Kier molecular flexibility index (Phi) is 6.04. The lowest BCUT2D eigenvalue weighted by Gasteiger charge is -2.14. The predicted molar refractivity (Wildman–Crippen MR) is 124 cm³/mol. The standard InChI is InChI=1S/C24H21N3O3S/c1-15-18(24(30)25-17-6-3-2-4-7-17)8-5-9-19(15)27-23(29)16-10-11-21-20(14-16)26-22(28)12-13-31-21/h2-11,14H,12-13H2,1H3,(H,25,30)(H,26,28)(H,27,29). The number of anilines is 3. The number of nitrogens with one attached hydrogen (secondary N) is 3. The fraction of sp³-hybridized carbons (Fsp3) is 0.125. The number of benzene rings is 3. The summed E-state index contributed by atoms with van der Waals surface area (Å²) in [4.78, 5) is 38.3. The minimum Gasteiger partial charge on any atom is -0.325 e. The van der Waals surface area contributed by atoms with Gasteiger partial charge in [-0.1, -0.05) is 24.3 Å². The zero-order valence-electron chi connectivity index (χ0n) is 16.9. The molecule has 1 aliphatic heterocycles. The summed E-state index contributed by atoms with van der Waals surface area (Å²) in [6.07, 6.45) is 0.442. The number of rotatable bonds is 4. The number of thioether (sulfide) groups is 1.